The highest BCUT2D eigenvalue weighted by atomic mass is 32.2. The first-order chi connectivity index (χ1) is 14.8. The highest BCUT2D eigenvalue weighted by Gasteiger charge is 2.21. The lowest BCUT2D eigenvalue weighted by Crippen LogP contribution is -1.82. The van der Waals surface area contributed by atoms with Crippen molar-refractivity contribution in [2.75, 3.05) is 0 Å². The fourth-order valence-corrected chi connectivity index (χ4v) is 8.95. The van der Waals surface area contributed by atoms with Crippen LogP contribution in [0.4, 0.5) is 0 Å². The highest BCUT2D eigenvalue weighted by Crippen LogP contribution is 2.56. The Balaban J connectivity index is 1.49. The van der Waals surface area contributed by atoms with Crippen molar-refractivity contribution in [1.82, 2.24) is 0 Å². The summed E-state index contributed by atoms with van der Waals surface area (Å²) in [6.45, 7) is 4.59. The second-order valence-electron chi connectivity index (χ2n) is 8.63. The van der Waals surface area contributed by atoms with E-state index in [0.717, 1.165) is 0 Å². The summed E-state index contributed by atoms with van der Waals surface area (Å²) in [4.78, 5) is 3.21. The van der Waals surface area contributed by atoms with E-state index in [0.29, 0.717) is 0 Å². The Morgan fingerprint density at radius 2 is 0.800 bits per heavy atom. The number of rotatable bonds is 18. The molecule has 0 N–H and O–H groups in total. The molecule has 0 aromatic rings. The van der Waals surface area contributed by atoms with Gasteiger partial charge in [-0.3, -0.25) is 0 Å². The molecule has 0 amide bonds. The van der Waals surface area contributed by atoms with Crippen molar-refractivity contribution in [3.63, 3.8) is 0 Å². The average molecular weight is 485 g/mol. The molecule has 0 saturated heterocycles. The van der Waals surface area contributed by atoms with Gasteiger partial charge in [0.2, 0.25) is 0 Å². The molecule has 0 saturated carbocycles. The fourth-order valence-electron chi connectivity index (χ4n) is 3.84. The molecule has 0 unspecified atom stereocenters. The molecule has 0 aliphatic carbocycles. The van der Waals surface area contributed by atoms with Gasteiger partial charge in [-0.2, -0.15) is 0 Å². The molecule has 0 aromatic carbocycles. The van der Waals surface area contributed by atoms with Gasteiger partial charge in [0.15, 0.2) is 0 Å². The van der Waals surface area contributed by atoms with Crippen molar-refractivity contribution < 1.29 is 0 Å². The number of unbranched alkanes of at least 4 members (excludes halogenated alkanes) is 14. The molecule has 4 heteroatoms. The molecule has 30 heavy (non-hydrogen) atoms. The van der Waals surface area contributed by atoms with Gasteiger partial charge in [0.05, 0.1) is 8.47 Å². The zero-order valence-corrected chi connectivity index (χ0v) is 22.8. The summed E-state index contributed by atoms with van der Waals surface area (Å²) in [5, 5.41) is 4.85. The molecule has 2 aliphatic heterocycles. The van der Waals surface area contributed by atoms with Crippen LogP contribution in [0.5, 0.6) is 0 Å². The lowest BCUT2D eigenvalue weighted by molar-refractivity contribution is 0.577. The number of hydrogen-bond donors (Lipinski definition) is 0. The highest BCUT2D eigenvalue weighted by molar-refractivity contribution is 8.33. The van der Waals surface area contributed by atoms with Crippen LogP contribution in [-0.2, 0) is 0 Å². The van der Waals surface area contributed by atoms with Crippen LogP contribution in [0.3, 0.4) is 0 Å². The minimum absolute atomic E-state index is 1.29. The summed E-state index contributed by atoms with van der Waals surface area (Å²) in [6, 6.07) is 0. The molecule has 2 aliphatic rings. The third-order valence-electron chi connectivity index (χ3n) is 5.76. The molecule has 2 heterocycles. The Morgan fingerprint density at radius 3 is 1.17 bits per heavy atom. The van der Waals surface area contributed by atoms with Crippen molar-refractivity contribution in [3.05, 3.63) is 29.1 Å². The van der Waals surface area contributed by atoms with Crippen molar-refractivity contribution in [2.45, 2.75) is 129 Å². The monoisotopic (exact) mass is 484 g/mol. The SMILES string of the molecule is CCCCCCCCCCC1=CS/C(=C2/SC=C(CCCCCCCCCC)S2)S1. The number of allylic oxidation sites excluding steroid dienone is 2. The van der Waals surface area contributed by atoms with E-state index in [1.807, 2.05) is 23.5 Å². The Morgan fingerprint density at radius 1 is 0.467 bits per heavy atom. The van der Waals surface area contributed by atoms with Crippen LogP contribution < -0.4 is 0 Å². The maximum Gasteiger partial charge on any atom is 0.0697 e. The van der Waals surface area contributed by atoms with Gasteiger partial charge in [-0.1, -0.05) is 151 Å². The maximum absolute atomic E-state index is 2.42. The largest absolute Gasteiger partial charge is 0.0881 e. The smallest absolute Gasteiger partial charge is 0.0697 e. The van der Waals surface area contributed by atoms with Gasteiger partial charge >= 0.3 is 0 Å². The average Bonchev–Trinajstić information content (AvgIpc) is 3.41. The van der Waals surface area contributed by atoms with Gasteiger partial charge in [0, 0.05) is 0 Å². The molecule has 0 atom stereocenters. The van der Waals surface area contributed by atoms with Crippen LogP contribution in [0.2, 0.25) is 0 Å². The molecule has 2 rings (SSSR count). The lowest BCUT2D eigenvalue weighted by atomic mass is 10.1. The van der Waals surface area contributed by atoms with E-state index >= 15 is 0 Å². The first-order valence-corrected chi connectivity index (χ1v) is 16.0. The second kappa shape index (κ2) is 18.1. The summed E-state index contributed by atoms with van der Waals surface area (Å²) < 4.78 is 3.09. The van der Waals surface area contributed by atoms with Crippen LogP contribution in [0.15, 0.2) is 29.1 Å². The molecule has 0 nitrogen and oxygen atoms in total. The minimum atomic E-state index is 1.29. The van der Waals surface area contributed by atoms with E-state index in [9.17, 15) is 0 Å². The van der Waals surface area contributed by atoms with Crippen LogP contribution in [0.1, 0.15) is 129 Å². The Hall–Kier alpha value is 0.620. The molecule has 0 radical (unpaired) electrons. The van der Waals surface area contributed by atoms with E-state index in [4.69, 9.17) is 0 Å². The lowest BCUT2D eigenvalue weighted by Gasteiger charge is -2.05. The van der Waals surface area contributed by atoms with Crippen LogP contribution in [0.25, 0.3) is 0 Å². The van der Waals surface area contributed by atoms with E-state index < -0.39 is 0 Å². The molecular weight excluding hydrogens is 441 g/mol. The van der Waals surface area contributed by atoms with Crippen molar-refractivity contribution in [3.8, 4) is 0 Å². The number of hydrogen-bond acceptors (Lipinski definition) is 4. The third-order valence-corrected chi connectivity index (χ3v) is 11.2. The Bertz CT molecular complexity index is 499. The summed E-state index contributed by atoms with van der Waals surface area (Å²) in [5.41, 5.74) is 0. The summed E-state index contributed by atoms with van der Waals surface area (Å²) in [6.07, 6.45) is 25.2. The molecule has 0 bridgehead atoms. The van der Waals surface area contributed by atoms with Crippen molar-refractivity contribution in [1.29, 1.82) is 0 Å². The van der Waals surface area contributed by atoms with Crippen LogP contribution in [0, 0.1) is 0 Å². The zero-order valence-electron chi connectivity index (χ0n) is 19.5. The fraction of sp³-hybridized carbons (Fsp3) is 0.769. The normalized spacial score (nSPS) is 18.9. The van der Waals surface area contributed by atoms with Crippen LogP contribution >= 0.6 is 47.0 Å². The topological polar surface area (TPSA) is 0 Å². The van der Waals surface area contributed by atoms with Gasteiger partial charge in [-0.05, 0) is 46.3 Å². The Labute approximate surface area is 204 Å². The van der Waals surface area contributed by atoms with Gasteiger partial charge < -0.3 is 0 Å². The molecule has 172 valence electrons. The Kier molecular flexibility index (Phi) is 16.2. The minimum Gasteiger partial charge on any atom is -0.0881 e. The van der Waals surface area contributed by atoms with Gasteiger partial charge in [-0.25, -0.2) is 0 Å². The quantitative estimate of drug-likeness (QED) is 0.177. The first-order valence-electron chi connectivity index (χ1n) is 12.6. The summed E-state index contributed by atoms with van der Waals surface area (Å²) in [5.74, 6) is 0. The molecule has 0 aromatic heterocycles. The van der Waals surface area contributed by atoms with Crippen LogP contribution in [-0.4, -0.2) is 0 Å². The van der Waals surface area contributed by atoms with E-state index in [1.54, 1.807) is 18.3 Å². The molecular formula is C26H44S4. The van der Waals surface area contributed by atoms with E-state index in [2.05, 4.69) is 48.2 Å². The summed E-state index contributed by atoms with van der Waals surface area (Å²) >= 11 is 8.06. The maximum atomic E-state index is 2.42. The van der Waals surface area contributed by atoms with Gasteiger partial charge in [0.1, 0.15) is 0 Å². The second-order valence-corrected chi connectivity index (χ2v) is 13.2. The predicted molar refractivity (Wildman–Crippen MR) is 148 cm³/mol. The van der Waals surface area contributed by atoms with Crippen molar-refractivity contribution >= 4 is 47.0 Å². The van der Waals surface area contributed by atoms with E-state index in [-0.39, 0.29) is 0 Å². The van der Waals surface area contributed by atoms with Gasteiger partial charge in [0.25, 0.3) is 0 Å². The molecule has 0 fully saturated rings. The first kappa shape index (κ1) is 26.9. The molecule has 0 spiro atoms. The van der Waals surface area contributed by atoms with Crippen molar-refractivity contribution in [2.24, 2.45) is 0 Å². The predicted octanol–water partition coefficient (Wildman–Crippen LogP) is 11.8. The van der Waals surface area contributed by atoms with Gasteiger partial charge in [-0.15, -0.1) is 0 Å². The number of thioether (sulfide) groups is 4. The third kappa shape index (κ3) is 12.0. The standard InChI is InChI=1S/C26H44S4/c1-3-5-7-9-11-13-15-17-19-23-21-27-25(29-23)26-28-22-24(30-26)20-18-16-14-12-10-8-6-4-2/h21-22H,3-20H2,1-2H3/b26-25+. The summed E-state index contributed by atoms with van der Waals surface area (Å²) in [7, 11) is 0. The zero-order chi connectivity index (χ0) is 21.3. The van der Waals surface area contributed by atoms with E-state index in [1.165, 1.54) is 116 Å².